The normalized spacial score (nSPS) is 15.4. The highest BCUT2D eigenvalue weighted by Crippen LogP contribution is 2.27. The van der Waals surface area contributed by atoms with Crippen molar-refractivity contribution in [3.8, 4) is 11.3 Å². The van der Waals surface area contributed by atoms with Crippen LogP contribution in [0.25, 0.3) is 11.3 Å². The standard InChI is InChI=1S/C21H24F2N6O/c1-26-12-15(11-24-26)13-28-6-3-7-29(9-8-28)21(30)18-14-27(2)25-20(18)17-5-4-16(22)10-19(17)23/h4-5,10-12,14H,3,6-9,13H2,1-2H3. The third-order valence-corrected chi connectivity index (χ3v) is 5.29. The summed E-state index contributed by atoms with van der Waals surface area (Å²) in [5.74, 6) is -1.59. The monoisotopic (exact) mass is 414 g/mol. The van der Waals surface area contributed by atoms with Crippen LogP contribution in [0.2, 0.25) is 0 Å². The van der Waals surface area contributed by atoms with E-state index < -0.39 is 11.6 Å². The molecule has 0 atom stereocenters. The Bertz CT molecular complexity index is 1060. The first kappa shape index (κ1) is 20.2. The van der Waals surface area contributed by atoms with Gasteiger partial charge in [0.1, 0.15) is 17.3 Å². The zero-order valence-electron chi connectivity index (χ0n) is 17.1. The van der Waals surface area contributed by atoms with Crippen molar-refractivity contribution < 1.29 is 13.6 Å². The average molecular weight is 414 g/mol. The van der Waals surface area contributed by atoms with Gasteiger partial charge in [-0.05, 0) is 18.6 Å². The maximum absolute atomic E-state index is 14.3. The lowest BCUT2D eigenvalue weighted by Crippen LogP contribution is -2.35. The van der Waals surface area contributed by atoms with E-state index in [9.17, 15) is 13.6 Å². The number of carbonyl (C=O) groups is 1. The molecule has 1 fully saturated rings. The van der Waals surface area contributed by atoms with Crippen molar-refractivity contribution in [2.75, 3.05) is 26.2 Å². The Morgan fingerprint density at radius 1 is 1.07 bits per heavy atom. The zero-order chi connectivity index (χ0) is 21.3. The molecule has 1 amide bonds. The van der Waals surface area contributed by atoms with Crippen molar-refractivity contribution in [1.82, 2.24) is 29.4 Å². The number of benzene rings is 1. The molecule has 4 rings (SSSR count). The molecule has 0 unspecified atom stereocenters. The summed E-state index contributed by atoms with van der Waals surface area (Å²) in [6.45, 7) is 3.59. The molecule has 30 heavy (non-hydrogen) atoms. The Labute approximate surface area is 173 Å². The molecule has 7 nitrogen and oxygen atoms in total. The number of nitrogens with zero attached hydrogens (tertiary/aromatic N) is 6. The van der Waals surface area contributed by atoms with Crippen molar-refractivity contribution in [2.45, 2.75) is 13.0 Å². The van der Waals surface area contributed by atoms with E-state index in [1.54, 1.807) is 22.8 Å². The largest absolute Gasteiger partial charge is 0.337 e. The van der Waals surface area contributed by atoms with Crippen LogP contribution in [0.5, 0.6) is 0 Å². The van der Waals surface area contributed by atoms with Crippen molar-refractivity contribution in [2.24, 2.45) is 14.1 Å². The second-order valence-electron chi connectivity index (χ2n) is 7.63. The number of hydrogen-bond acceptors (Lipinski definition) is 4. The van der Waals surface area contributed by atoms with E-state index in [4.69, 9.17) is 0 Å². The third kappa shape index (κ3) is 4.25. The van der Waals surface area contributed by atoms with Gasteiger partial charge in [-0.2, -0.15) is 10.2 Å². The number of rotatable bonds is 4. The SMILES string of the molecule is Cn1cc(CN2CCCN(C(=O)c3cn(C)nc3-c3ccc(F)cc3F)CC2)cn1. The first-order valence-electron chi connectivity index (χ1n) is 9.89. The summed E-state index contributed by atoms with van der Waals surface area (Å²) < 4.78 is 30.9. The molecule has 158 valence electrons. The summed E-state index contributed by atoms with van der Waals surface area (Å²) in [7, 11) is 3.57. The minimum atomic E-state index is -0.735. The van der Waals surface area contributed by atoms with Gasteiger partial charge in [0.2, 0.25) is 0 Å². The predicted octanol–water partition coefficient (Wildman–Crippen LogP) is 2.45. The van der Waals surface area contributed by atoms with Crippen LogP contribution < -0.4 is 0 Å². The molecule has 1 aromatic carbocycles. The first-order chi connectivity index (χ1) is 14.4. The molecule has 2 aromatic heterocycles. The van der Waals surface area contributed by atoms with Crippen molar-refractivity contribution >= 4 is 5.91 Å². The first-order valence-corrected chi connectivity index (χ1v) is 9.89. The average Bonchev–Trinajstić information content (AvgIpc) is 3.20. The lowest BCUT2D eigenvalue weighted by molar-refractivity contribution is 0.0761. The molecule has 0 aliphatic carbocycles. The topological polar surface area (TPSA) is 59.2 Å². The molecular weight excluding hydrogens is 390 g/mol. The third-order valence-electron chi connectivity index (χ3n) is 5.29. The number of carbonyl (C=O) groups excluding carboxylic acids is 1. The van der Waals surface area contributed by atoms with Crippen LogP contribution in [0.4, 0.5) is 8.78 Å². The van der Waals surface area contributed by atoms with E-state index >= 15 is 0 Å². The van der Waals surface area contributed by atoms with Crippen molar-refractivity contribution in [1.29, 1.82) is 0 Å². The number of aryl methyl sites for hydroxylation is 2. The van der Waals surface area contributed by atoms with Gasteiger partial charge in [0.15, 0.2) is 0 Å². The fourth-order valence-corrected chi connectivity index (χ4v) is 3.84. The van der Waals surface area contributed by atoms with E-state index in [-0.39, 0.29) is 17.2 Å². The summed E-state index contributed by atoms with van der Waals surface area (Å²) in [6, 6.07) is 3.30. The summed E-state index contributed by atoms with van der Waals surface area (Å²) in [4.78, 5) is 17.3. The van der Waals surface area contributed by atoms with Gasteiger partial charge < -0.3 is 4.90 Å². The predicted molar refractivity (Wildman–Crippen MR) is 108 cm³/mol. The Kier molecular flexibility index (Phi) is 5.63. The van der Waals surface area contributed by atoms with Crippen LogP contribution in [0.1, 0.15) is 22.3 Å². The highest BCUT2D eigenvalue weighted by atomic mass is 19.1. The molecule has 3 heterocycles. The second-order valence-corrected chi connectivity index (χ2v) is 7.63. The zero-order valence-corrected chi connectivity index (χ0v) is 17.1. The van der Waals surface area contributed by atoms with E-state index in [1.165, 1.54) is 16.8 Å². The lowest BCUT2D eigenvalue weighted by atomic mass is 10.1. The van der Waals surface area contributed by atoms with Gasteiger partial charge in [-0.15, -0.1) is 0 Å². The Hall–Kier alpha value is -3.07. The van der Waals surface area contributed by atoms with E-state index in [1.807, 2.05) is 19.4 Å². The lowest BCUT2D eigenvalue weighted by Gasteiger charge is -2.21. The minimum absolute atomic E-state index is 0.119. The summed E-state index contributed by atoms with van der Waals surface area (Å²) in [5.41, 5.74) is 1.81. The maximum atomic E-state index is 14.3. The van der Waals surface area contributed by atoms with Gasteiger partial charge in [-0.3, -0.25) is 19.1 Å². The van der Waals surface area contributed by atoms with Crippen molar-refractivity contribution in [3.63, 3.8) is 0 Å². The minimum Gasteiger partial charge on any atom is -0.337 e. The van der Waals surface area contributed by atoms with Gasteiger partial charge in [-0.1, -0.05) is 0 Å². The number of hydrogen-bond donors (Lipinski definition) is 0. The molecular formula is C21H24F2N6O. The highest BCUT2D eigenvalue weighted by molar-refractivity contribution is 5.99. The number of aromatic nitrogens is 4. The molecule has 0 spiro atoms. The van der Waals surface area contributed by atoms with Gasteiger partial charge in [0.25, 0.3) is 5.91 Å². The Morgan fingerprint density at radius 2 is 1.90 bits per heavy atom. The Morgan fingerprint density at radius 3 is 2.63 bits per heavy atom. The second kappa shape index (κ2) is 8.35. The summed E-state index contributed by atoms with van der Waals surface area (Å²) in [5, 5.41) is 8.47. The number of halogens is 2. The smallest absolute Gasteiger partial charge is 0.257 e. The van der Waals surface area contributed by atoms with Crippen molar-refractivity contribution in [3.05, 3.63) is 59.6 Å². The van der Waals surface area contributed by atoms with Crippen LogP contribution in [0.3, 0.4) is 0 Å². The van der Waals surface area contributed by atoms with E-state index in [0.29, 0.717) is 18.7 Å². The van der Waals surface area contributed by atoms with E-state index in [0.717, 1.165) is 37.7 Å². The fourth-order valence-electron chi connectivity index (χ4n) is 3.84. The summed E-state index contributed by atoms with van der Waals surface area (Å²) >= 11 is 0. The molecule has 1 aliphatic heterocycles. The highest BCUT2D eigenvalue weighted by Gasteiger charge is 2.26. The molecule has 0 radical (unpaired) electrons. The van der Waals surface area contributed by atoms with Crippen LogP contribution >= 0.6 is 0 Å². The fraction of sp³-hybridized carbons (Fsp3) is 0.381. The quantitative estimate of drug-likeness (QED) is 0.658. The Balaban J connectivity index is 1.51. The number of amides is 1. The molecule has 9 heteroatoms. The molecule has 0 saturated carbocycles. The van der Waals surface area contributed by atoms with Gasteiger partial charge in [0, 0.05) is 76.4 Å². The van der Waals surface area contributed by atoms with Gasteiger partial charge >= 0.3 is 0 Å². The van der Waals surface area contributed by atoms with Crippen LogP contribution in [-0.2, 0) is 20.6 Å². The summed E-state index contributed by atoms with van der Waals surface area (Å²) in [6.07, 6.45) is 6.28. The van der Waals surface area contributed by atoms with Crippen LogP contribution in [-0.4, -0.2) is 61.4 Å². The molecule has 3 aromatic rings. The molecule has 1 aliphatic rings. The molecule has 1 saturated heterocycles. The van der Waals surface area contributed by atoms with E-state index in [2.05, 4.69) is 15.1 Å². The maximum Gasteiger partial charge on any atom is 0.257 e. The van der Waals surface area contributed by atoms with Crippen LogP contribution in [0.15, 0.2) is 36.8 Å². The van der Waals surface area contributed by atoms with Gasteiger partial charge in [-0.25, -0.2) is 8.78 Å². The molecule has 0 N–H and O–H groups in total. The molecule has 0 bridgehead atoms. The van der Waals surface area contributed by atoms with Gasteiger partial charge in [0.05, 0.1) is 11.8 Å². The van der Waals surface area contributed by atoms with Crippen LogP contribution in [0, 0.1) is 11.6 Å².